The highest BCUT2D eigenvalue weighted by molar-refractivity contribution is 5.45. The van der Waals surface area contributed by atoms with E-state index >= 15 is 0 Å². The fourth-order valence-corrected chi connectivity index (χ4v) is 4.23. The zero-order chi connectivity index (χ0) is 12.5. The summed E-state index contributed by atoms with van der Waals surface area (Å²) in [5.74, 6) is 0.419. The van der Waals surface area contributed by atoms with Crippen LogP contribution in [0.3, 0.4) is 0 Å². The van der Waals surface area contributed by atoms with Gasteiger partial charge < -0.3 is 10.2 Å². The quantitative estimate of drug-likeness (QED) is 0.731. The largest absolute Gasteiger partial charge is 0.395 e. The molecule has 3 rings (SSSR count). The zero-order valence-corrected chi connectivity index (χ0v) is 11.0. The molecule has 0 aromatic carbocycles. The Balaban J connectivity index is 2.07. The molecule has 0 unspecified atom stereocenters. The van der Waals surface area contributed by atoms with Gasteiger partial charge in [-0.15, -0.1) is 0 Å². The van der Waals surface area contributed by atoms with Crippen LogP contribution in [0.2, 0.25) is 0 Å². The van der Waals surface area contributed by atoms with Gasteiger partial charge in [0.15, 0.2) is 0 Å². The first kappa shape index (κ1) is 11.5. The van der Waals surface area contributed by atoms with Gasteiger partial charge in [0.1, 0.15) is 0 Å². The van der Waals surface area contributed by atoms with Crippen molar-refractivity contribution in [1.82, 2.24) is 0 Å². The standard InChI is InChI=1S/C15H22O2/c1-10-6-11-7-13(2,9-16)8-12(11)14(3)4-5-15(10,14)17/h6-7,12,16-17H,4-5,8-9H2,1-3H3/t12-,13-,14+,15+/m0/s1. The Morgan fingerprint density at radius 1 is 1.35 bits per heavy atom. The van der Waals surface area contributed by atoms with Gasteiger partial charge in [-0.25, -0.2) is 0 Å². The Kier molecular flexibility index (Phi) is 2.06. The summed E-state index contributed by atoms with van der Waals surface area (Å²) < 4.78 is 0. The summed E-state index contributed by atoms with van der Waals surface area (Å²) in [6.45, 7) is 6.58. The van der Waals surface area contributed by atoms with Crippen molar-refractivity contribution in [2.45, 2.75) is 45.6 Å². The van der Waals surface area contributed by atoms with E-state index in [0.29, 0.717) is 5.92 Å². The monoisotopic (exact) mass is 234 g/mol. The van der Waals surface area contributed by atoms with Crippen molar-refractivity contribution in [3.05, 3.63) is 23.3 Å². The van der Waals surface area contributed by atoms with Crippen LogP contribution in [-0.2, 0) is 0 Å². The van der Waals surface area contributed by atoms with Crippen LogP contribution in [0, 0.1) is 16.7 Å². The molecule has 17 heavy (non-hydrogen) atoms. The number of hydrogen-bond acceptors (Lipinski definition) is 2. The molecule has 3 aliphatic rings. The van der Waals surface area contributed by atoms with Crippen molar-refractivity contribution in [3.8, 4) is 0 Å². The Morgan fingerprint density at radius 3 is 2.59 bits per heavy atom. The number of allylic oxidation sites excluding steroid dienone is 2. The second-order valence-electron chi connectivity index (χ2n) is 6.82. The molecule has 2 N–H and O–H groups in total. The number of aliphatic hydroxyl groups is 2. The smallest absolute Gasteiger partial charge is 0.0916 e. The van der Waals surface area contributed by atoms with Crippen LogP contribution in [-0.4, -0.2) is 22.4 Å². The van der Waals surface area contributed by atoms with Crippen molar-refractivity contribution in [2.24, 2.45) is 16.7 Å². The van der Waals surface area contributed by atoms with Gasteiger partial charge in [-0.05, 0) is 43.3 Å². The molecule has 0 saturated heterocycles. The van der Waals surface area contributed by atoms with Crippen molar-refractivity contribution in [1.29, 1.82) is 0 Å². The van der Waals surface area contributed by atoms with Crippen molar-refractivity contribution >= 4 is 0 Å². The molecule has 1 fully saturated rings. The lowest BCUT2D eigenvalue weighted by molar-refractivity contribution is -0.159. The Hall–Kier alpha value is -0.600. The van der Waals surface area contributed by atoms with Crippen LogP contribution in [0.25, 0.3) is 0 Å². The van der Waals surface area contributed by atoms with Gasteiger partial charge in [0.25, 0.3) is 0 Å². The lowest BCUT2D eigenvalue weighted by atomic mass is 9.46. The maximum absolute atomic E-state index is 10.8. The number of rotatable bonds is 1. The molecule has 4 atom stereocenters. The fraction of sp³-hybridized carbons (Fsp3) is 0.733. The van der Waals surface area contributed by atoms with E-state index in [-0.39, 0.29) is 17.4 Å². The minimum atomic E-state index is -0.588. The second-order valence-corrected chi connectivity index (χ2v) is 6.82. The molecule has 0 radical (unpaired) electrons. The summed E-state index contributed by atoms with van der Waals surface area (Å²) >= 11 is 0. The Morgan fingerprint density at radius 2 is 2.06 bits per heavy atom. The summed E-state index contributed by atoms with van der Waals surface area (Å²) in [5, 5.41) is 20.3. The SMILES string of the molecule is CC1=CC2=C[C@](C)(CO)C[C@@H]2[C@@]2(C)CC[C@@]12O. The topological polar surface area (TPSA) is 40.5 Å². The minimum Gasteiger partial charge on any atom is -0.395 e. The van der Waals surface area contributed by atoms with E-state index in [4.69, 9.17) is 0 Å². The van der Waals surface area contributed by atoms with Gasteiger partial charge in [0, 0.05) is 10.8 Å². The van der Waals surface area contributed by atoms with Gasteiger partial charge in [-0.1, -0.05) is 26.0 Å². The van der Waals surface area contributed by atoms with Crippen molar-refractivity contribution < 1.29 is 10.2 Å². The molecule has 0 amide bonds. The first-order valence-corrected chi connectivity index (χ1v) is 6.59. The van der Waals surface area contributed by atoms with Crippen LogP contribution in [0.4, 0.5) is 0 Å². The van der Waals surface area contributed by atoms with E-state index in [0.717, 1.165) is 24.8 Å². The second kappa shape index (κ2) is 3.04. The molecule has 0 aromatic heterocycles. The molecular weight excluding hydrogens is 212 g/mol. The molecule has 1 saturated carbocycles. The van der Waals surface area contributed by atoms with Crippen LogP contribution in [0.5, 0.6) is 0 Å². The molecular formula is C15H22O2. The van der Waals surface area contributed by atoms with E-state index in [1.165, 1.54) is 5.57 Å². The van der Waals surface area contributed by atoms with Crippen LogP contribution in [0.1, 0.15) is 40.0 Å². The number of aliphatic hydroxyl groups excluding tert-OH is 1. The number of fused-ring (bicyclic) bond motifs is 3. The van der Waals surface area contributed by atoms with E-state index in [2.05, 4.69) is 26.0 Å². The molecule has 0 spiro atoms. The molecule has 94 valence electrons. The predicted molar refractivity (Wildman–Crippen MR) is 67.4 cm³/mol. The third-order valence-electron chi connectivity index (χ3n) is 5.70. The average molecular weight is 234 g/mol. The third-order valence-corrected chi connectivity index (χ3v) is 5.70. The molecule has 0 aliphatic heterocycles. The van der Waals surface area contributed by atoms with Crippen LogP contribution in [0.15, 0.2) is 23.3 Å². The molecule has 2 heteroatoms. The maximum atomic E-state index is 10.8. The number of hydrogen-bond donors (Lipinski definition) is 2. The lowest BCUT2D eigenvalue weighted by Gasteiger charge is -2.61. The highest BCUT2D eigenvalue weighted by atomic mass is 16.3. The van der Waals surface area contributed by atoms with Gasteiger partial charge in [0.05, 0.1) is 12.2 Å². The van der Waals surface area contributed by atoms with Gasteiger partial charge in [-0.3, -0.25) is 0 Å². The highest BCUT2D eigenvalue weighted by Gasteiger charge is 2.63. The summed E-state index contributed by atoms with van der Waals surface area (Å²) in [7, 11) is 0. The molecule has 0 bridgehead atoms. The predicted octanol–water partition coefficient (Wildman–Crippen LogP) is 2.42. The fourth-order valence-electron chi connectivity index (χ4n) is 4.23. The molecule has 3 aliphatic carbocycles. The van der Waals surface area contributed by atoms with Crippen LogP contribution < -0.4 is 0 Å². The molecule has 0 heterocycles. The van der Waals surface area contributed by atoms with E-state index in [9.17, 15) is 10.2 Å². The summed E-state index contributed by atoms with van der Waals surface area (Å²) in [5.41, 5.74) is 1.75. The minimum absolute atomic E-state index is 0.00933. The summed E-state index contributed by atoms with van der Waals surface area (Å²) in [6.07, 6.45) is 7.35. The summed E-state index contributed by atoms with van der Waals surface area (Å²) in [6, 6.07) is 0. The van der Waals surface area contributed by atoms with E-state index in [1.807, 2.05) is 6.92 Å². The third kappa shape index (κ3) is 1.18. The van der Waals surface area contributed by atoms with Gasteiger partial charge in [-0.2, -0.15) is 0 Å². The average Bonchev–Trinajstić information content (AvgIpc) is 2.63. The first-order chi connectivity index (χ1) is 7.85. The normalized spacial score (nSPS) is 52.2. The maximum Gasteiger partial charge on any atom is 0.0916 e. The summed E-state index contributed by atoms with van der Waals surface area (Å²) in [4.78, 5) is 0. The van der Waals surface area contributed by atoms with Gasteiger partial charge in [0.2, 0.25) is 0 Å². The lowest BCUT2D eigenvalue weighted by Crippen LogP contribution is -2.61. The molecule has 0 aromatic rings. The first-order valence-electron chi connectivity index (χ1n) is 6.59. The highest BCUT2D eigenvalue weighted by Crippen LogP contribution is 2.66. The van der Waals surface area contributed by atoms with E-state index in [1.54, 1.807) is 0 Å². The zero-order valence-electron chi connectivity index (χ0n) is 11.0. The molecule has 2 nitrogen and oxygen atoms in total. The van der Waals surface area contributed by atoms with Crippen LogP contribution >= 0.6 is 0 Å². The Bertz CT molecular complexity index is 436. The van der Waals surface area contributed by atoms with Crippen molar-refractivity contribution in [3.63, 3.8) is 0 Å². The van der Waals surface area contributed by atoms with Crippen molar-refractivity contribution in [2.75, 3.05) is 6.61 Å². The Labute approximate surface area is 103 Å². The van der Waals surface area contributed by atoms with E-state index < -0.39 is 5.60 Å². The van der Waals surface area contributed by atoms with Gasteiger partial charge >= 0.3 is 0 Å².